The average molecular weight is 438 g/mol. The van der Waals surface area contributed by atoms with Crippen LogP contribution < -0.4 is 20.2 Å². The fraction of sp³-hybridized carbons (Fsp3) is 0.0870. The molecule has 0 atom stereocenters. The van der Waals surface area contributed by atoms with Crippen LogP contribution in [0.5, 0.6) is 11.5 Å². The Hall–Kier alpha value is -3.84. The highest BCUT2D eigenvalue weighted by atomic mass is 35.5. The molecule has 0 unspecified atom stereocenters. The predicted octanol–water partition coefficient (Wildman–Crippen LogP) is 4.13. The number of amides is 2. The third-order valence-electron chi connectivity index (χ3n) is 4.09. The third kappa shape index (κ3) is 6.58. The zero-order valence-corrected chi connectivity index (χ0v) is 17.4. The van der Waals surface area contributed by atoms with Crippen LogP contribution in [-0.2, 0) is 4.79 Å². The number of carbonyl (C=O) groups excluding carboxylic acids is 2. The van der Waals surface area contributed by atoms with Crippen molar-refractivity contribution in [3.8, 4) is 11.5 Å². The second kappa shape index (κ2) is 10.8. The van der Waals surface area contributed by atoms with Gasteiger partial charge in [-0.3, -0.25) is 9.59 Å². The molecule has 0 aromatic heterocycles. The van der Waals surface area contributed by atoms with Crippen LogP contribution in [0.15, 0.2) is 77.9 Å². The predicted molar refractivity (Wildman–Crippen MR) is 120 cm³/mol. The standard InChI is InChI=1S/C23H20ClN3O4/c1-30-21-13-16(14-25-27-23(29)17-5-3-2-4-6-17)7-12-20(21)31-15-22(28)26-19-10-8-18(24)9-11-19/h2-14H,15H2,1H3,(H,26,28)(H,27,29)/b25-14+. The van der Waals surface area contributed by atoms with Gasteiger partial charge in [-0.05, 0) is 60.2 Å². The first-order valence-electron chi connectivity index (χ1n) is 9.30. The van der Waals surface area contributed by atoms with E-state index in [0.29, 0.717) is 33.3 Å². The highest BCUT2D eigenvalue weighted by Gasteiger charge is 2.09. The minimum atomic E-state index is -0.321. The number of carbonyl (C=O) groups is 2. The summed E-state index contributed by atoms with van der Waals surface area (Å²) in [5, 5.41) is 7.26. The second-order valence-electron chi connectivity index (χ2n) is 6.32. The molecule has 3 aromatic rings. The molecule has 0 spiro atoms. The number of nitrogens with zero attached hydrogens (tertiary/aromatic N) is 1. The number of anilines is 1. The smallest absolute Gasteiger partial charge is 0.271 e. The Labute approximate surface area is 184 Å². The van der Waals surface area contributed by atoms with Crippen LogP contribution in [0.1, 0.15) is 15.9 Å². The van der Waals surface area contributed by atoms with E-state index in [1.165, 1.54) is 13.3 Å². The van der Waals surface area contributed by atoms with Crippen LogP contribution in [0.3, 0.4) is 0 Å². The number of hydrogen-bond donors (Lipinski definition) is 2. The monoisotopic (exact) mass is 437 g/mol. The van der Waals surface area contributed by atoms with Crippen molar-refractivity contribution in [1.82, 2.24) is 5.43 Å². The molecule has 0 bridgehead atoms. The Bertz CT molecular complexity index is 1070. The van der Waals surface area contributed by atoms with Crippen LogP contribution in [0.4, 0.5) is 5.69 Å². The lowest BCUT2D eigenvalue weighted by molar-refractivity contribution is -0.118. The van der Waals surface area contributed by atoms with Gasteiger partial charge in [0.25, 0.3) is 11.8 Å². The molecule has 0 radical (unpaired) electrons. The van der Waals surface area contributed by atoms with Crippen LogP contribution in [-0.4, -0.2) is 31.7 Å². The van der Waals surface area contributed by atoms with E-state index in [2.05, 4.69) is 15.8 Å². The topological polar surface area (TPSA) is 89.0 Å². The van der Waals surface area contributed by atoms with Crippen LogP contribution in [0.2, 0.25) is 5.02 Å². The minimum Gasteiger partial charge on any atom is -0.493 e. The molecule has 8 heteroatoms. The van der Waals surface area contributed by atoms with Crippen molar-refractivity contribution in [1.29, 1.82) is 0 Å². The first kappa shape index (κ1) is 21.9. The number of methoxy groups -OCH3 is 1. The summed E-state index contributed by atoms with van der Waals surface area (Å²) in [6.45, 7) is -0.195. The molecule has 3 aromatic carbocycles. The largest absolute Gasteiger partial charge is 0.493 e. The highest BCUT2D eigenvalue weighted by Crippen LogP contribution is 2.27. The summed E-state index contributed by atoms with van der Waals surface area (Å²) in [5.74, 6) is 0.200. The van der Waals surface area contributed by atoms with E-state index in [1.807, 2.05) is 6.07 Å². The SMILES string of the molecule is COc1cc(/C=N/NC(=O)c2ccccc2)ccc1OCC(=O)Nc1ccc(Cl)cc1. The molecule has 0 saturated carbocycles. The van der Waals surface area contributed by atoms with Crippen LogP contribution in [0.25, 0.3) is 0 Å². The second-order valence-corrected chi connectivity index (χ2v) is 6.76. The van der Waals surface area contributed by atoms with Gasteiger partial charge in [0.2, 0.25) is 0 Å². The summed E-state index contributed by atoms with van der Waals surface area (Å²) in [4.78, 5) is 24.1. The third-order valence-corrected chi connectivity index (χ3v) is 4.34. The lowest BCUT2D eigenvalue weighted by Crippen LogP contribution is -2.20. The zero-order valence-electron chi connectivity index (χ0n) is 16.7. The van der Waals surface area contributed by atoms with Crippen molar-refractivity contribution in [2.24, 2.45) is 5.10 Å². The highest BCUT2D eigenvalue weighted by molar-refractivity contribution is 6.30. The maximum atomic E-state index is 12.1. The Morgan fingerprint density at radius 3 is 2.45 bits per heavy atom. The van der Waals surface area contributed by atoms with E-state index in [9.17, 15) is 9.59 Å². The normalized spacial score (nSPS) is 10.5. The summed E-state index contributed by atoms with van der Waals surface area (Å²) in [6.07, 6.45) is 1.49. The van der Waals surface area contributed by atoms with Gasteiger partial charge in [0.15, 0.2) is 18.1 Å². The van der Waals surface area contributed by atoms with Crippen molar-refractivity contribution in [2.45, 2.75) is 0 Å². The van der Waals surface area contributed by atoms with E-state index in [4.69, 9.17) is 21.1 Å². The van der Waals surface area contributed by atoms with E-state index < -0.39 is 0 Å². The van der Waals surface area contributed by atoms with Crippen molar-refractivity contribution < 1.29 is 19.1 Å². The Morgan fingerprint density at radius 1 is 1.00 bits per heavy atom. The maximum absolute atomic E-state index is 12.1. The van der Waals surface area contributed by atoms with Crippen molar-refractivity contribution in [2.75, 3.05) is 19.0 Å². The molecule has 31 heavy (non-hydrogen) atoms. The number of hydrazone groups is 1. The lowest BCUT2D eigenvalue weighted by Gasteiger charge is -2.11. The van der Waals surface area contributed by atoms with E-state index in [0.717, 1.165) is 0 Å². The number of rotatable bonds is 8. The summed E-state index contributed by atoms with van der Waals surface area (Å²) >= 11 is 5.83. The molecule has 2 amide bonds. The van der Waals surface area contributed by atoms with Gasteiger partial charge in [0, 0.05) is 16.3 Å². The van der Waals surface area contributed by atoms with Gasteiger partial charge in [-0.2, -0.15) is 5.10 Å². The first-order chi connectivity index (χ1) is 15.0. The van der Waals surface area contributed by atoms with Gasteiger partial charge in [-0.25, -0.2) is 5.43 Å². The molecule has 0 aliphatic rings. The van der Waals surface area contributed by atoms with Crippen molar-refractivity contribution in [3.05, 3.63) is 88.9 Å². The number of hydrogen-bond acceptors (Lipinski definition) is 5. The maximum Gasteiger partial charge on any atom is 0.271 e. The Morgan fingerprint density at radius 2 is 1.74 bits per heavy atom. The van der Waals surface area contributed by atoms with Gasteiger partial charge < -0.3 is 14.8 Å². The molecule has 0 heterocycles. The van der Waals surface area contributed by atoms with Crippen LogP contribution in [0, 0.1) is 0 Å². The van der Waals surface area contributed by atoms with Gasteiger partial charge in [-0.1, -0.05) is 29.8 Å². The van der Waals surface area contributed by atoms with Crippen molar-refractivity contribution >= 4 is 35.3 Å². The molecule has 3 rings (SSSR count). The number of ether oxygens (including phenoxy) is 2. The fourth-order valence-electron chi connectivity index (χ4n) is 2.58. The van der Waals surface area contributed by atoms with E-state index >= 15 is 0 Å². The average Bonchev–Trinajstić information content (AvgIpc) is 2.80. The minimum absolute atomic E-state index is 0.195. The van der Waals surface area contributed by atoms with Gasteiger partial charge >= 0.3 is 0 Å². The molecule has 158 valence electrons. The molecule has 0 aliphatic carbocycles. The molecule has 0 fully saturated rings. The number of nitrogens with one attached hydrogen (secondary N) is 2. The van der Waals surface area contributed by atoms with Gasteiger partial charge in [-0.15, -0.1) is 0 Å². The van der Waals surface area contributed by atoms with E-state index in [-0.39, 0.29) is 18.4 Å². The van der Waals surface area contributed by atoms with Crippen molar-refractivity contribution in [3.63, 3.8) is 0 Å². The molecule has 0 aliphatic heterocycles. The summed E-state index contributed by atoms with van der Waals surface area (Å²) in [7, 11) is 1.49. The summed E-state index contributed by atoms with van der Waals surface area (Å²) in [5.41, 5.74) is 4.28. The quantitative estimate of drug-likeness (QED) is 0.409. The first-order valence-corrected chi connectivity index (χ1v) is 9.67. The van der Waals surface area contributed by atoms with Gasteiger partial charge in [0.1, 0.15) is 0 Å². The van der Waals surface area contributed by atoms with Gasteiger partial charge in [0.05, 0.1) is 13.3 Å². The molecule has 0 saturated heterocycles. The number of halogens is 1. The molecule has 2 N–H and O–H groups in total. The molecular formula is C23H20ClN3O4. The number of benzene rings is 3. The molecular weight excluding hydrogens is 418 g/mol. The van der Waals surface area contributed by atoms with E-state index in [1.54, 1.807) is 66.7 Å². The fourth-order valence-corrected chi connectivity index (χ4v) is 2.70. The summed E-state index contributed by atoms with van der Waals surface area (Å²) in [6, 6.07) is 20.6. The Kier molecular flexibility index (Phi) is 7.61. The molecule has 7 nitrogen and oxygen atoms in total. The summed E-state index contributed by atoms with van der Waals surface area (Å²) < 4.78 is 10.9. The Balaban J connectivity index is 1.56. The zero-order chi connectivity index (χ0) is 22.1. The van der Waals surface area contributed by atoms with Crippen LogP contribution >= 0.6 is 11.6 Å². The lowest BCUT2D eigenvalue weighted by atomic mass is 10.2.